The second kappa shape index (κ2) is 5.17. The van der Waals surface area contributed by atoms with Crippen molar-refractivity contribution in [2.45, 2.75) is 26.3 Å². The third-order valence-corrected chi connectivity index (χ3v) is 4.27. The van der Waals surface area contributed by atoms with E-state index >= 15 is 0 Å². The summed E-state index contributed by atoms with van der Waals surface area (Å²) >= 11 is 9.16. The van der Waals surface area contributed by atoms with E-state index in [0.717, 1.165) is 11.6 Å². The highest BCUT2D eigenvalue weighted by Gasteiger charge is 2.07. The first-order chi connectivity index (χ1) is 7.63. The van der Waals surface area contributed by atoms with E-state index in [1.54, 1.807) is 11.3 Å². The van der Waals surface area contributed by atoms with Crippen LogP contribution in [0.3, 0.4) is 0 Å². The van der Waals surface area contributed by atoms with Gasteiger partial charge in [0.15, 0.2) is 5.13 Å². The largest absolute Gasteiger partial charge is 0.359 e. The van der Waals surface area contributed by atoms with Crippen molar-refractivity contribution < 1.29 is 0 Å². The number of hydrogen-bond acceptors (Lipinski definition) is 4. The minimum Gasteiger partial charge on any atom is -0.359 e. The van der Waals surface area contributed by atoms with E-state index in [1.807, 2.05) is 16.7 Å². The van der Waals surface area contributed by atoms with E-state index < -0.39 is 0 Å². The minimum absolute atomic E-state index is 0.375. The molecule has 2 aromatic heterocycles. The summed E-state index contributed by atoms with van der Waals surface area (Å²) in [6.07, 6.45) is 1.02. The first kappa shape index (κ1) is 11.9. The molecule has 2 rings (SSSR count). The number of nitrogens with zero attached hydrogens (tertiary/aromatic N) is 1. The average Bonchev–Trinajstić information content (AvgIpc) is 2.76. The average molecular weight is 273 g/mol. The van der Waals surface area contributed by atoms with Gasteiger partial charge in [-0.15, -0.1) is 22.7 Å². The number of nitrogens with one attached hydrogen (secondary N) is 1. The summed E-state index contributed by atoms with van der Waals surface area (Å²) < 4.78 is 0. The maximum absolute atomic E-state index is 5.77. The Morgan fingerprint density at radius 1 is 1.50 bits per heavy atom. The molecule has 0 spiro atoms. The Morgan fingerprint density at radius 3 is 2.88 bits per heavy atom. The molecule has 2 heterocycles. The molecular weight excluding hydrogens is 260 g/mol. The number of halogens is 1. The molecule has 86 valence electrons. The Balaban J connectivity index is 1.91. The van der Waals surface area contributed by atoms with Crippen LogP contribution in [0.2, 0.25) is 5.15 Å². The van der Waals surface area contributed by atoms with Gasteiger partial charge in [0, 0.05) is 27.6 Å². The lowest BCUT2D eigenvalue weighted by Crippen LogP contribution is -2.17. The topological polar surface area (TPSA) is 24.9 Å². The van der Waals surface area contributed by atoms with Gasteiger partial charge < -0.3 is 5.32 Å². The predicted octanol–water partition coefficient (Wildman–Crippen LogP) is 4.21. The van der Waals surface area contributed by atoms with Gasteiger partial charge in [-0.3, -0.25) is 0 Å². The lowest BCUT2D eigenvalue weighted by atomic mass is 10.2. The molecule has 1 unspecified atom stereocenters. The van der Waals surface area contributed by atoms with Gasteiger partial charge in [-0.1, -0.05) is 11.6 Å². The summed E-state index contributed by atoms with van der Waals surface area (Å²) in [5, 5.41) is 6.65. The van der Waals surface area contributed by atoms with Crippen LogP contribution in [0.25, 0.3) is 0 Å². The van der Waals surface area contributed by atoms with Crippen LogP contribution in [0.5, 0.6) is 0 Å². The lowest BCUT2D eigenvalue weighted by molar-refractivity contribution is 0.799. The van der Waals surface area contributed by atoms with E-state index in [2.05, 4.69) is 36.3 Å². The van der Waals surface area contributed by atoms with Crippen molar-refractivity contribution in [1.29, 1.82) is 0 Å². The number of aryl methyl sites for hydroxylation is 1. The zero-order valence-corrected chi connectivity index (χ0v) is 11.5. The van der Waals surface area contributed by atoms with Crippen LogP contribution in [0.15, 0.2) is 17.5 Å². The number of thiophene rings is 1. The van der Waals surface area contributed by atoms with Crippen molar-refractivity contribution in [3.63, 3.8) is 0 Å². The summed E-state index contributed by atoms with van der Waals surface area (Å²) in [6, 6.07) is 4.72. The van der Waals surface area contributed by atoms with E-state index in [4.69, 9.17) is 11.6 Å². The molecule has 0 aliphatic rings. The van der Waals surface area contributed by atoms with Crippen LogP contribution < -0.4 is 5.32 Å². The Morgan fingerprint density at radius 2 is 2.31 bits per heavy atom. The Kier molecular flexibility index (Phi) is 3.84. The fraction of sp³-hybridized carbons (Fsp3) is 0.364. The van der Waals surface area contributed by atoms with Gasteiger partial charge in [-0.05, 0) is 26.0 Å². The molecule has 0 aromatic carbocycles. The molecule has 2 nitrogen and oxygen atoms in total. The highest BCUT2D eigenvalue weighted by Crippen LogP contribution is 2.22. The Hall–Kier alpha value is -0.580. The second-order valence-electron chi connectivity index (χ2n) is 3.74. The van der Waals surface area contributed by atoms with Crippen LogP contribution in [-0.2, 0) is 6.42 Å². The van der Waals surface area contributed by atoms with Crippen LogP contribution in [-0.4, -0.2) is 11.0 Å². The Labute approximate surface area is 108 Å². The van der Waals surface area contributed by atoms with E-state index in [9.17, 15) is 0 Å². The molecule has 0 amide bonds. The summed E-state index contributed by atoms with van der Waals surface area (Å²) in [5.74, 6) is 0. The number of hydrogen-bond donors (Lipinski definition) is 1. The number of aromatic nitrogens is 1. The standard InChI is InChI=1S/C11H13ClN2S2/c1-7(5-9-4-3-8(2)16-9)13-11-14-10(12)6-15-11/h3-4,6-7H,5H2,1-2H3,(H,13,14). The zero-order chi connectivity index (χ0) is 11.5. The number of thiazole rings is 1. The third kappa shape index (κ3) is 3.20. The van der Waals surface area contributed by atoms with Crippen molar-refractivity contribution in [3.8, 4) is 0 Å². The van der Waals surface area contributed by atoms with Gasteiger partial charge in [-0.25, -0.2) is 4.98 Å². The molecule has 16 heavy (non-hydrogen) atoms. The third-order valence-electron chi connectivity index (χ3n) is 2.15. The fourth-order valence-corrected chi connectivity index (χ4v) is 3.45. The van der Waals surface area contributed by atoms with Gasteiger partial charge >= 0.3 is 0 Å². The van der Waals surface area contributed by atoms with E-state index in [1.165, 1.54) is 9.75 Å². The maximum Gasteiger partial charge on any atom is 0.184 e. The van der Waals surface area contributed by atoms with E-state index in [0.29, 0.717) is 11.2 Å². The van der Waals surface area contributed by atoms with Crippen LogP contribution in [0.1, 0.15) is 16.7 Å². The van der Waals surface area contributed by atoms with Crippen molar-refractivity contribution in [1.82, 2.24) is 4.98 Å². The molecule has 1 atom stereocenters. The second-order valence-corrected chi connectivity index (χ2v) is 6.36. The quantitative estimate of drug-likeness (QED) is 0.902. The molecule has 0 fully saturated rings. The molecule has 0 aliphatic heterocycles. The van der Waals surface area contributed by atoms with Crippen molar-refractivity contribution >= 4 is 39.4 Å². The molecule has 5 heteroatoms. The highest BCUT2D eigenvalue weighted by molar-refractivity contribution is 7.14. The molecule has 2 aromatic rings. The molecule has 0 bridgehead atoms. The Bertz CT molecular complexity index is 422. The monoisotopic (exact) mass is 272 g/mol. The molecule has 0 saturated carbocycles. The van der Waals surface area contributed by atoms with Crippen molar-refractivity contribution in [2.75, 3.05) is 5.32 Å². The van der Waals surface area contributed by atoms with Crippen molar-refractivity contribution in [3.05, 3.63) is 32.4 Å². The first-order valence-electron chi connectivity index (χ1n) is 5.06. The summed E-state index contributed by atoms with van der Waals surface area (Å²) in [6.45, 7) is 4.29. The van der Waals surface area contributed by atoms with Crippen molar-refractivity contribution in [2.24, 2.45) is 0 Å². The smallest absolute Gasteiger partial charge is 0.184 e. The van der Waals surface area contributed by atoms with Crippen LogP contribution in [0, 0.1) is 6.92 Å². The maximum atomic E-state index is 5.77. The van der Waals surface area contributed by atoms with Gasteiger partial charge in [-0.2, -0.15) is 0 Å². The summed E-state index contributed by atoms with van der Waals surface area (Å²) in [4.78, 5) is 6.94. The minimum atomic E-state index is 0.375. The normalized spacial score (nSPS) is 12.7. The molecular formula is C11H13ClN2S2. The SMILES string of the molecule is Cc1ccc(CC(C)Nc2nc(Cl)cs2)s1. The first-order valence-corrected chi connectivity index (χ1v) is 7.14. The number of rotatable bonds is 4. The molecule has 1 N–H and O–H groups in total. The summed E-state index contributed by atoms with van der Waals surface area (Å²) in [7, 11) is 0. The molecule has 0 saturated heterocycles. The number of anilines is 1. The molecule has 0 aliphatic carbocycles. The highest BCUT2D eigenvalue weighted by atomic mass is 35.5. The fourth-order valence-electron chi connectivity index (χ4n) is 1.48. The summed E-state index contributed by atoms with van der Waals surface area (Å²) in [5.41, 5.74) is 0. The van der Waals surface area contributed by atoms with E-state index in [-0.39, 0.29) is 0 Å². The van der Waals surface area contributed by atoms with Gasteiger partial charge in [0.05, 0.1) is 0 Å². The van der Waals surface area contributed by atoms with Gasteiger partial charge in [0.1, 0.15) is 5.15 Å². The van der Waals surface area contributed by atoms with Gasteiger partial charge in [0.25, 0.3) is 0 Å². The van der Waals surface area contributed by atoms with Crippen LogP contribution >= 0.6 is 34.3 Å². The zero-order valence-electron chi connectivity index (χ0n) is 9.16. The predicted molar refractivity (Wildman–Crippen MR) is 73.0 cm³/mol. The molecule has 0 radical (unpaired) electrons. The lowest BCUT2D eigenvalue weighted by Gasteiger charge is -2.11. The van der Waals surface area contributed by atoms with Crippen LogP contribution in [0.4, 0.5) is 5.13 Å². The van der Waals surface area contributed by atoms with Gasteiger partial charge in [0.2, 0.25) is 0 Å².